The van der Waals surface area contributed by atoms with E-state index in [2.05, 4.69) is 10.6 Å². The maximum Gasteiger partial charge on any atom is 0.255 e. The first-order valence-electron chi connectivity index (χ1n) is 7.70. The molecule has 0 heterocycles. The highest BCUT2D eigenvalue weighted by molar-refractivity contribution is 6.04. The second-order valence-corrected chi connectivity index (χ2v) is 6.32. The van der Waals surface area contributed by atoms with Crippen molar-refractivity contribution in [1.82, 2.24) is 5.32 Å². The Bertz CT molecular complexity index is 762. The first kappa shape index (κ1) is 17.5. The number of anilines is 1. The number of carbonyl (C=O) groups excluding carboxylic acids is 2. The Morgan fingerprint density at radius 2 is 1.54 bits per heavy atom. The number of phenolic OH excluding ortho intramolecular Hbond substituents is 1. The van der Waals surface area contributed by atoms with E-state index in [9.17, 15) is 14.7 Å². The number of aryl methyl sites for hydroxylation is 2. The van der Waals surface area contributed by atoms with Gasteiger partial charge in [-0.2, -0.15) is 0 Å². The van der Waals surface area contributed by atoms with Gasteiger partial charge in [0.2, 0.25) is 5.91 Å². The second-order valence-electron chi connectivity index (χ2n) is 6.32. The number of hydrogen-bond acceptors (Lipinski definition) is 3. The number of carbonyl (C=O) groups is 2. The van der Waals surface area contributed by atoms with E-state index >= 15 is 0 Å². The first-order chi connectivity index (χ1) is 11.2. The third-order valence-corrected chi connectivity index (χ3v) is 3.86. The fraction of sp³-hybridized carbons (Fsp3) is 0.263. The lowest BCUT2D eigenvalue weighted by atomic mass is 10.0. The van der Waals surface area contributed by atoms with Crippen LogP contribution in [0.1, 0.15) is 35.3 Å². The lowest BCUT2D eigenvalue weighted by Crippen LogP contribution is -2.52. The molecular formula is C19H22N2O3. The molecule has 126 valence electrons. The van der Waals surface area contributed by atoms with Gasteiger partial charge in [0.25, 0.3) is 5.91 Å². The van der Waals surface area contributed by atoms with Crippen LogP contribution in [0, 0.1) is 13.8 Å². The summed E-state index contributed by atoms with van der Waals surface area (Å²) in [5, 5.41) is 15.3. The molecule has 2 rings (SSSR count). The van der Waals surface area contributed by atoms with Crippen molar-refractivity contribution < 1.29 is 14.7 Å². The molecule has 0 aromatic heterocycles. The standard InChI is InChI=1S/C19H22N2O3/c1-12-8-7-9-13(2)16(12)20-18(24)19(3,4)21-17(23)14-10-5-6-11-15(14)22/h5-11,22H,1-4H3,(H,20,24)(H,21,23). The van der Waals surface area contributed by atoms with E-state index in [0.717, 1.165) is 16.8 Å². The van der Waals surface area contributed by atoms with Gasteiger partial charge in [-0.25, -0.2) is 0 Å². The van der Waals surface area contributed by atoms with Gasteiger partial charge >= 0.3 is 0 Å². The molecule has 24 heavy (non-hydrogen) atoms. The molecule has 0 unspecified atom stereocenters. The molecule has 0 bridgehead atoms. The largest absolute Gasteiger partial charge is 0.507 e. The maximum absolute atomic E-state index is 12.6. The van der Waals surface area contributed by atoms with Crippen LogP contribution in [-0.2, 0) is 4.79 Å². The highest BCUT2D eigenvalue weighted by Gasteiger charge is 2.31. The van der Waals surface area contributed by atoms with Gasteiger partial charge in [0.1, 0.15) is 11.3 Å². The van der Waals surface area contributed by atoms with E-state index < -0.39 is 11.4 Å². The molecule has 0 saturated carbocycles. The molecule has 2 aromatic carbocycles. The molecule has 0 aliphatic carbocycles. The minimum absolute atomic E-state index is 0.124. The van der Waals surface area contributed by atoms with E-state index in [1.54, 1.807) is 26.0 Å². The maximum atomic E-state index is 12.6. The quantitative estimate of drug-likeness (QED) is 0.807. The summed E-state index contributed by atoms with van der Waals surface area (Å²) in [7, 11) is 0. The third kappa shape index (κ3) is 3.74. The average molecular weight is 326 g/mol. The van der Waals surface area contributed by atoms with E-state index in [4.69, 9.17) is 0 Å². The molecular weight excluding hydrogens is 304 g/mol. The van der Waals surface area contributed by atoms with E-state index in [1.165, 1.54) is 12.1 Å². The molecule has 5 heteroatoms. The number of hydrogen-bond donors (Lipinski definition) is 3. The Labute approximate surface area is 141 Å². The summed E-state index contributed by atoms with van der Waals surface area (Å²) >= 11 is 0. The Morgan fingerprint density at radius 1 is 0.958 bits per heavy atom. The van der Waals surface area contributed by atoms with Crippen LogP contribution in [-0.4, -0.2) is 22.5 Å². The van der Waals surface area contributed by atoms with Crippen molar-refractivity contribution in [2.45, 2.75) is 33.2 Å². The van der Waals surface area contributed by atoms with Crippen molar-refractivity contribution in [3.05, 3.63) is 59.2 Å². The number of para-hydroxylation sites is 2. The zero-order valence-electron chi connectivity index (χ0n) is 14.3. The van der Waals surface area contributed by atoms with Gasteiger partial charge in [-0.05, 0) is 51.0 Å². The Kier molecular flexibility index (Phi) is 4.93. The lowest BCUT2D eigenvalue weighted by Gasteiger charge is -2.26. The molecule has 0 saturated heterocycles. The van der Waals surface area contributed by atoms with Crippen molar-refractivity contribution in [2.75, 3.05) is 5.32 Å². The van der Waals surface area contributed by atoms with Crippen LogP contribution in [0.15, 0.2) is 42.5 Å². The average Bonchev–Trinajstić information content (AvgIpc) is 2.50. The topological polar surface area (TPSA) is 78.4 Å². The van der Waals surface area contributed by atoms with Crippen molar-refractivity contribution in [2.24, 2.45) is 0 Å². The Balaban J connectivity index is 2.16. The zero-order valence-corrected chi connectivity index (χ0v) is 14.3. The molecule has 0 atom stereocenters. The van der Waals surface area contributed by atoms with Crippen LogP contribution < -0.4 is 10.6 Å². The lowest BCUT2D eigenvalue weighted by molar-refractivity contribution is -0.121. The summed E-state index contributed by atoms with van der Waals surface area (Å²) in [5.41, 5.74) is 1.63. The molecule has 0 fully saturated rings. The number of benzene rings is 2. The van der Waals surface area contributed by atoms with Crippen LogP contribution in [0.4, 0.5) is 5.69 Å². The summed E-state index contributed by atoms with van der Waals surface area (Å²) in [6.45, 7) is 7.06. The van der Waals surface area contributed by atoms with Crippen LogP contribution in [0.5, 0.6) is 5.75 Å². The number of nitrogens with one attached hydrogen (secondary N) is 2. The highest BCUT2D eigenvalue weighted by atomic mass is 16.3. The SMILES string of the molecule is Cc1cccc(C)c1NC(=O)C(C)(C)NC(=O)c1ccccc1O. The van der Waals surface area contributed by atoms with Crippen LogP contribution >= 0.6 is 0 Å². The minimum Gasteiger partial charge on any atom is -0.507 e. The summed E-state index contributed by atoms with van der Waals surface area (Å²) < 4.78 is 0. The third-order valence-electron chi connectivity index (χ3n) is 3.86. The number of aromatic hydroxyl groups is 1. The van der Waals surface area contributed by atoms with Crippen molar-refractivity contribution in [1.29, 1.82) is 0 Å². The van der Waals surface area contributed by atoms with E-state index in [1.807, 2.05) is 32.0 Å². The first-order valence-corrected chi connectivity index (χ1v) is 7.70. The Hall–Kier alpha value is -2.82. The molecule has 3 N–H and O–H groups in total. The number of phenols is 1. The number of amides is 2. The van der Waals surface area contributed by atoms with Crippen molar-refractivity contribution >= 4 is 17.5 Å². The van der Waals surface area contributed by atoms with Crippen molar-refractivity contribution in [3.8, 4) is 5.75 Å². The summed E-state index contributed by atoms with van der Waals surface area (Å²) in [6.07, 6.45) is 0. The van der Waals surface area contributed by atoms with Crippen molar-refractivity contribution in [3.63, 3.8) is 0 Å². The van der Waals surface area contributed by atoms with Crippen LogP contribution in [0.3, 0.4) is 0 Å². The molecule has 5 nitrogen and oxygen atoms in total. The monoisotopic (exact) mass is 326 g/mol. The summed E-state index contributed by atoms with van der Waals surface area (Å²) in [4.78, 5) is 24.9. The molecule has 0 spiro atoms. The molecule has 0 aliphatic rings. The molecule has 0 radical (unpaired) electrons. The summed E-state index contributed by atoms with van der Waals surface area (Å²) in [6, 6.07) is 12.0. The van der Waals surface area contributed by atoms with Crippen LogP contribution in [0.2, 0.25) is 0 Å². The normalized spacial score (nSPS) is 11.0. The van der Waals surface area contributed by atoms with Gasteiger partial charge in [0.15, 0.2) is 0 Å². The fourth-order valence-corrected chi connectivity index (χ4v) is 2.35. The van der Waals surface area contributed by atoms with E-state index in [0.29, 0.717) is 0 Å². The van der Waals surface area contributed by atoms with Gasteiger partial charge in [-0.15, -0.1) is 0 Å². The van der Waals surface area contributed by atoms with E-state index in [-0.39, 0.29) is 17.2 Å². The minimum atomic E-state index is -1.14. The second kappa shape index (κ2) is 6.74. The zero-order chi connectivity index (χ0) is 17.9. The summed E-state index contributed by atoms with van der Waals surface area (Å²) in [5.74, 6) is -0.959. The molecule has 2 aromatic rings. The van der Waals surface area contributed by atoms with Gasteiger partial charge in [0.05, 0.1) is 5.56 Å². The fourth-order valence-electron chi connectivity index (χ4n) is 2.35. The molecule has 2 amide bonds. The van der Waals surface area contributed by atoms with Gasteiger partial charge in [-0.1, -0.05) is 30.3 Å². The Morgan fingerprint density at radius 3 is 2.12 bits per heavy atom. The predicted molar refractivity (Wildman–Crippen MR) is 94.2 cm³/mol. The van der Waals surface area contributed by atoms with Crippen LogP contribution in [0.25, 0.3) is 0 Å². The smallest absolute Gasteiger partial charge is 0.255 e. The predicted octanol–water partition coefficient (Wildman–Crippen LogP) is 3.16. The van der Waals surface area contributed by atoms with Gasteiger partial charge < -0.3 is 15.7 Å². The number of rotatable bonds is 4. The highest BCUT2D eigenvalue weighted by Crippen LogP contribution is 2.22. The molecule has 0 aliphatic heterocycles. The van der Waals surface area contributed by atoms with Gasteiger partial charge in [0, 0.05) is 5.69 Å². The van der Waals surface area contributed by atoms with Gasteiger partial charge in [-0.3, -0.25) is 9.59 Å².